The van der Waals surface area contributed by atoms with Crippen LogP contribution in [0.1, 0.15) is 37.7 Å². The molecule has 0 saturated carbocycles. The summed E-state index contributed by atoms with van der Waals surface area (Å²) in [4.78, 5) is 4.29. The molecule has 0 aromatic carbocycles. The molecule has 0 aliphatic heterocycles. The summed E-state index contributed by atoms with van der Waals surface area (Å²) < 4.78 is 25.7. The zero-order valence-corrected chi connectivity index (χ0v) is 10.7. The van der Waals surface area contributed by atoms with Gasteiger partial charge in [0.2, 0.25) is 10.0 Å². The van der Waals surface area contributed by atoms with Crippen LogP contribution in [0, 0.1) is 6.92 Å². The molecule has 4 nitrogen and oxygen atoms in total. The van der Waals surface area contributed by atoms with Gasteiger partial charge in [-0.3, -0.25) is 4.98 Å². The predicted octanol–water partition coefficient (Wildman–Crippen LogP) is 1.78. The van der Waals surface area contributed by atoms with Crippen LogP contribution in [0.15, 0.2) is 18.2 Å². The Balaban J connectivity index is 2.76. The Morgan fingerprint density at radius 1 is 1.44 bits per heavy atom. The molecule has 5 heteroatoms. The lowest BCUT2D eigenvalue weighted by molar-refractivity contribution is 0.562. The Hall–Kier alpha value is -0.940. The molecule has 0 amide bonds. The van der Waals surface area contributed by atoms with Crippen LogP contribution in [-0.2, 0) is 10.0 Å². The van der Waals surface area contributed by atoms with Crippen LogP contribution < -0.4 is 4.72 Å². The van der Waals surface area contributed by atoms with E-state index < -0.39 is 10.0 Å². The lowest BCUT2D eigenvalue weighted by atomic mass is 10.2. The molecular weight excluding hydrogens is 224 g/mol. The van der Waals surface area contributed by atoms with E-state index in [1.807, 2.05) is 32.0 Å². The first-order valence-electron chi connectivity index (χ1n) is 5.38. The third kappa shape index (κ3) is 3.90. The third-order valence-corrected chi connectivity index (χ3v) is 3.84. The van der Waals surface area contributed by atoms with Gasteiger partial charge in [-0.2, -0.15) is 0 Å². The lowest BCUT2D eigenvalue weighted by Crippen LogP contribution is -2.29. The summed E-state index contributed by atoms with van der Waals surface area (Å²) in [6.07, 6.45) is 0.614. The maximum Gasteiger partial charge on any atom is 0.212 e. The zero-order chi connectivity index (χ0) is 12.2. The van der Waals surface area contributed by atoms with Gasteiger partial charge in [0, 0.05) is 5.69 Å². The third-order valence-electron chi connectivity index (χ3n) is 2.18. The van der Waals surface area contributed by atoms with Crippen molar-refractivity contribution in [1.29, 1.82) is 0 Å². The van der Waals surface area contributed by atoms with E-state index in [9.17, 15) is 8.42 Å². The fraction of sp³-hybridized carbons (Fsp3) is 0.545. The number of rotatable bonds is 5. The van der Waals surface area contributed by atoms with E-state index >= 15 is 0 Å². The van der Waals surface area contributed by atoms with E-state index in [4.69, 9.17) is 0 Å². The number of sulfonamides is 1. The van der Waals surface area contributed by atoms with Gasteiger partial charge in [0.25, 0.3) is 0 Å². The van der Waals surface area contributed by atoms with E-state index in [0.29, 0.717) is 6.42 Å². The number of hydrogen-bond acceptors (Lipinski definition) is 3. The minimum Gasteiger partial charge on any atom is -0.256 e. The average Bonchev–Trinajstić information content (AvgIpc) is 2.16. The summed E-state index contributed by atoms with van der Waals surface area (Å²) in [6.45, 7) is 5.53. The molecule has 1 aromatic heterocycles. The average molecular weight is 242 g/mol. The smallest absolute Gasteiger partial charge is 0.212 e. The van der Waals surface area contributed by atoms with Gasteiger partial charge in [-0.1, -0.05) is 13.0 Å². The summed E-state index contributed by atoms with van der Waals surface area (Å²) in [6, 6.07) is 5.31. The molecule has 0 spiro atoms. The molecule has 1 rings (SSSR count). The number of aromatic nitrogens is 1. The molecule has 0 fully saturated rings. The first-order chi connectivity index (χ1) is 7.44. The van der Waals surface area contributed by atoms with Crippen LogP contribution in [0.2, 0.25) is 0 Å². The van der Waals surface area contributed by atoms with Gasteiger partial charge >= 0.3 is 0 Å². The van der Waals surface area contributed by atoms with Gasteiger partial charge in [0.05, 0.1) is 17.5 Å². The molecule has 90 valence electrons. The molecule has 1 atom stereocenters. The quantitative estimate of drug-likeness (QED) is 0.856. The number of aryl methyl sites for hydroxylation is 1. The Labute approximate surface area is 97.2 Å². The summed E-state index contributed by atoms with van der Waals surface area (Å²) in [5.74, 6) is 0.156. The standard InChI is InChI=1S/C11H18N2O2S/c1-4-8-16(14,15)13-10(3)11-7-5-6-9(2)12-11/h5-7,10,13H,4,8H2,1-3H3/t10-/m0/s1. The van der Waals surface area contributed by atoms with Crippen LogP contribution >= 0.6 is 0 Å². The summed E-state index contributed by atoms with van der Waals surface area (Å²) in [5.41, 5.74) is 1.64. The van der Waals surface area contributed by atoms with Crippen LogP contribution in [0.25, 0.3) is 0 Å². The number of nitrogens with one attached hydrogen (secondary N) is 1. The van der Waals surface area contributed by atoms with Gasteiger partial charge < -0.3 is 0 Å². The van der Waals surface area contributed by atoms with Crippen molar-refractivity contribution in [1.82, 2.24) is 9.71 Å². The molecule has 1 heterocycles. The Morgan fingerprint density at radius 2 is 2.12 bits per heavy atom. The van der Waals surface area contributed by atoms with Crippen LogP contribution in [-0.4, -0.2) is 19.2 Å². The highest BCUT2D eigenvalue weighted by atomic mass is 32.2. The molecule has 0 aliphatic carbocycles. The molecule has 0 radical (unpaired) electrons. The lowest BCUT2D eigenvalue weighted by Gasteiger charge is -2.13. The Morgan fingerprint density at radius 3 is 2.69 bits per heavy atom. The van der Waals surface area contributed by atoms with Crippen molar-refractivity contribution in [3.63, 3.8) is 0 Å². The number of pyridine rings is 1. The fourth-order valence-electron chi connectivity index (χ4n) is 1.46. The van der Waals surface area contributed by atoms with E-state index in [0.717, 1.165) is 11.4 Å². The second-order valence-electron chi connectivity index (χ2n) is 3.86. The first kappa shape index (κ1) is 13.1. The summed E-state index contributed by atoms with van der Waals surface area (Å²) in [7, 11) is -3.18. The molecule has 16 heavy (non-hydrogen) atoms. The Bertz CT molecular complexity index is 443. The molecule has 1 aromatic rings. The van der Waals surface area contributed by atoms with Crippen LogP contribution in [0.4, 0.5) is 0 Å². The van der Waals surface area contributed by atoms with Crippen molar-refractivity contribution in [3.05, 3.63) is 29.6 Å². The molecule has 0 unspecified atom stereocenters. The number of hydrogen-bond donors (Lipinski definition) is 1. The fourth-order valence-corrected chi connectivity index (χ4v) is 2.78. The van der Waals surface area contributed by atoms with Gasteiger partial charge in [0.1, 0.15) is 0 Å². The largest absolute Gasteiger partial charge is 0.256 e. The van der Waals surface area contributed by atoms with Crippen molar-refractivity contribution in [2.45, 2.75) is 33.2 Å². The number of nitrogens with zero attached hydrogens (tertiary/aromatic N) is 1. The highest BCUT2D eigenvalue weighted by Crippen LogP contribution is 2.11. The van der Waals surface area contributed by atoms with E-state index in [1.54, 1.807) is 6.92 Å². The normalized spacial score (nSPS) is 13.7. The highest BCUT2D eigenvalue weighted by molar-refractivity contribution is 7.89. The van der Waals surface area contributed by atoms with Gasteiger partial charge in [-0.25, -0.2) is 13.1 Å². The Kier molecular flexibility index (Phi) is 4.44. The highest BCUT2D eigenvalue weighted by Gasteiger charge is 2.15. The molecule has 0 bridgehead atoms. The van der Waals surface area contributed by atoms with Crippen LogP contribution in [0.3, 0.4) is 0 Å². The molecule has 0 saturated heterocycles. The minimum absolute atomic E-state index is 0.156. The van der Waals surface area contributed by atoms with Crippen molar-refractivity contribution in [2.75, 3.05) is 5.75 Å². The van der Waals surface area contributed by atoms with Crippen molar-refractivity contribution in [3.8, 4) is 0 Å². The SMILES string of the molecule is CCCS(=O)(=O)N[C@@H](C)c1cccc(C)n1. The van der Waals surface area contributed by atoms with Gasteiger partial charge in [-0.05, 0) is 32.4 Å². The minimum atomic E-state index is -3.18. The van der Waals surface area contributed by atoms with Crippen molar-refractivity contribution >= 4 is 10.0 Å². The van der Waals surface area contributed by atoms with Gasteiger partial charge in [0.15, 0.2) is 0 Å². The molecule has 0 aliphatic rings. The maximum atomic E-state index is 11.6. The zero-order valence-electron chi connectivity index (χ0n) is 9.90. The second-order valence-corrected chi connectivity index (χ2v) is 5.74. The van der Waals surface area contributed by atoms with Crippen LogP contribution in [0.5, 0.6) is 0 Å². The summed E-state index contributed by atoms with van der Waals surface area (Å²) in [5, 5.41) is 0. The van der Waals surface area contributed by atoms with E-state index in [1.165, 1.54) is 0 Å². The van der Waals surface area contributed by atoms with Crippen molar-refractivity contribution < 1.29 is 8.42 Å². The summed E-state index contributed by atoms with van der Waals surface area (Å²) >= 11 is 0. The molecular formula is C11H18N2O2S. The molecule has 1 N–H and O–H groups in total. The van der Waals surface area contributed by atoms with E-state index in [-0.39, 0.29) is 11.8 Å². The van der Waals surface area contributed by atoms with Crippen molar-refractivity contribution in [2.24, 2.45) is 0 Å². The maximum absolute atomic E-state index is 11.6. The predicted molar refractivity (Wildman–Crippen MR) is 64.6 cm³/mol. The first-order valence-corrected chi connectivity index (χ1v) is 7.03. The second kappa shape index (κ2) is 5.41. The van der Waals surface area contributed by atoms with Gasteiger partial charge in [-0.15, -0.1) is 0 Å². The van der Waals surface area contributed by atoms with E-state index in [2.05, 4.69) is 9.71 Å². The topological polar surface area (TPSA) is 59.1 Å². The monoisotopic (exact) mass is 242 g/mol.